The van der Waals surface area contributed by atoms with E-state index >= 15 is 0 Å². The lowest BCUT2D eigenvalue weighted by Crippen LogP contribution is -2.44. The fourth-order valence-electron chi connectivity index (χ4n) is 4.97. The minimum atomic E-state index is 0.0613. The Bertz CT molecular complexity index is 1260. The van der Waals surface area contributed by atoms with E-state index in [0.29, 0.717) is 0 Å². The largest absolute Gasteiger partial charge is 0.340 e. The first-order valence-corrected chi connectivity index (χ1v) is 12.4. The zero-order chi connectivity index (χ0) is 23.7. The van der Waals surface area contributed by atoms with Crippen LogP contribution < -0.4 is 0 Å². The van der Waals surface area contributed by atoms with Crippen molar-refractivity contribution < 1.29 is 0 Å². The number of aryl methyl sites for hydroxylation is 1. The molecule has 1 aliphatic carbocycles. The van der Waals surface area contributed by atoms with Gasteiger partial charge in [-0.15, -0.1) is 0 Å². The Morgan fingerprint density at radius 2 is 1.88 bits per heavy atom. The number of aromatic nitrogens is 6. The van der Waals surface area contributed by atoms with Crippen molar-refractivity contribution >= 4 is 5.65 Å². The van der Waals surface area contributed by atoms with Gasteiger partial charge >= 0.3 is 0 Å². The van der Waals surface area contributed by atoms with E-state index in [2.05, 4.69) is 46.8 Å². The summed E-state index contributed by atoms with van der Waals surface area (Å²) in [5, 5.41) is 4.32. The average Bonchev–Trinajstić information content (AvgIpc) is 3.45. The molecule has 0 aromatic carbocycles. The molecule has 1 N–H and O–H groups in total. The van der Waals surface area contributed by atoms with E-state index in [1.807, 2.05) is 37.4 Å². The van der Waals surface area contributed by atoms with Gasteiger partial charge in [-0.25, -0.2) is 14.5 Å². The summed E-state index contributed by atoms with van der Waals surface area (Å²) in [5.41, 5.74) is 5.61. The highest BCUT2D eigenvalue weighted by Crippen LogP contribution is 2.32. The van der Waals surface area contributed by atoms with Gasteiger partial charge in [0, 0.05) is 29.5 Å². The van der Waals surface area contributed by atoms with Crippen LogP contribution in [0.1, 0.15) is 64.4 Å². The van der Waals surface area contributed by atoms with Gasteiger partial charge in [-0.1, -0.05) is 25.3 Å². The van der Waals surface area contributed by atoms with Crippen LogP contribution in [0.4, 0.5) is 0 Å². The topological polar surface area (TPSA) is 75.0 Å². The van der Waals surface area contributed by atoms with Gasteiger partial charge in [-0.05, 0) is 70.7 Å². The van der Waals surface area contributed by atoms with E-state index < -0.39 is 0 Å². The Balaban J connectivity index is 1.52. The number of nitrogens with zero attached hydrogens (tertiary/aromatic N) is 6. The van der Waals surface area contributed by atoms with Crippen molar-refractivity contribution in [2.24, 2.45) is 5.92 Å². The van der Waals surface area contributed by atoms with Crippen LogP contribution in [0.25, 0.3) is 28.3 Å². The Labute approximate surface area is 201 Å². The van der Waals surface area contributed by atoms with Crippen LogP contribution in [-0.2, 0) is 6.54 Å². The zero-order valence-electron chi connectivity index (χ0n) is 20.8. The van der Waals surface area contributed by atoms with E-state index in [4.69, 9.17) is 9.97 Å². The summed E-state index contributed by atoms with van der Waals surface area (Å²) in [7, 11) is 0. The molecule has 34 heavy (non-hydrogen) atoms. The third-order valence-corrected chi connectivity index (χ3v) is 6.94. The molecule has 4 aromatic heterocycles. The van der Waals surface area contributed by atoms with Gasteiger partial charge in [-0.2, -0.15) is 5.10 Å². The maximum absolute atomic E-state index is 5.11. The summed E-state index contributed by atoms with van der Waals surface area (Å²) in [6.07, 6.45) is 10.4. The summed E-state index contributed by atoms with van der Waals surface area (Å²) in [4.78, 5) is 20.4. The number of nitrogens with one attached hydrogen (secondary N) is 1. The normalized spacial score (nSPS) is 15.4. The number of H-pyrrole nitrogens is 1. The number of imidazole rings is 1. The molecule has 1 aliphatic rings. The Morgan fingerprint density at radius 3 is 2.65 bits per heavy atom. The molecule has 0 aliphatic heterocycles. The van der Waals surface area contributed by atoms with Crippen LogP contribution in [0.5, 0.6) is 0 Å². The molecule has 7 nitrogen and oxygen atoms in total. The summed E-state index contributed by atoms with van der Waals surface area (Å²) in [6.45, 7) is 10.8. The standard InChI is InChI=1S/C27H35N7/c1-19-9-8-12-22(30-19)26-25(21-13-14-24-28-18-29-34(24)16-21)31-23(32-26)17-33(27(2,3)4)15-20-10-6-5-7-11-20/h8-9,12-14,16,18,20H,5-7,10-11,15,17H2,1-4H3,(H,31,32). The van der Waals surface area contributed by atoms with Gasteiger partial charge in [0.25, 0.3) is 0 Å². The molecule has 4 heterocycles. The molecule has 0 radical (unpaired) electrons. The number of rotatable bonds is 6. The monoisotopic (exact) mass is 457 g/mol. The first-order valence-electron chi connectivity index (χ1n) is 12.4. The minimum absolute atomic E-state index is 0.0613. The van der Waals surface area contributed by atoms with Gasteiger partial charge in [0.2, 0.25) is 0 Å². The van der Waals surface area contributed by atoms with Crippen LogP contribution in [0.15, 0.2) is 42.9 Å². The molecule has 0 atom stereocenters. The Hall–Kier alpha value is -3.06. The molecular weight excluding hydrogens is 422 g/mol. The second-order valence-corrected chi connectivity index (χ2v) is 10.6. The van der Waals surface area contributed by atoms with Crippen LogP contribution in [0, 0.1) is 12.8 Å². The maximum Gasteiger partial charge on any atom is 0.155 e. The highest BCUT2D eigenvalue weighted by Gasteiger charge is 2.27. The van der Waals surface area contributed by atoms with Gasteiger partial charge in [-0.3, -0.25) is 9.88 Å². The fraction of sp³-hybridized carbons (Fsp3) is 0.481. The van der Waals surface area contributed by atoms with Crippen LogP contribution in [-0.4, -0.2) is 46.5 Å². The third kappa shape index (κ3) is 4.89. The quantitative estimate of drug-likeness (QED) is 0.404. The summed E-state index contributed by atoms with van der Waals surface area (Å²) in [6, 6.07) is 10.2. The molecule has 1 fully saturated rings. The average molecular weight is 458 g/mol. The molecule has 7 heteroatoms. The number of aromatic amines is 1. The molecule has 1 saturated carbocycles. The van der Waals surface area contributed by atoms with E-state index in [-0.39, 0.29) is 5.54 Å². The molecule has 0 bridgehead atoms. The second kappa shape index (κ2) is 9.29. The van der Waals surface area contributed by atoms with Gasteiger partial charge in [0.05, 0.1) is 17.9 Å². The number of fused-ring (bicyclic) bond motifs is 1. The lowest BCUT2D eigenvalue weighted by atomic mass is 9.88. The zero-order valence-corrected chi connectivity index (χ0v) is 20.8. The molecule has 0 spiro atoms. The first kappa shape index (κ1) is 22.7. The third-order valence-electron chi connectivity index (χ3n) is 6.94. The van der Waals surface area contributed by atoms with Gasteiger partial charge in [0.15, 0.2) is 5.65 Å². The van der Waals surface area contributed by atoms with Crippen molar-refractivity contribution in [2.75, 3.05) is 6.54 Å². The van der Waals surface area contributed by atoms with Crippen LogP contribution >= 0.6 is 0 Å². The summed E-state index contributed by atoms with van der Waals surface area (Å²) in [5.74, 6) is 1.74. The fourth-order valence-corrected chi connectivity index (χ4v) is 4.97. The van der Waals surface area contributed by atoms with E-state index in [0.717, 1.165) is 58.8 Å². The SMILES string of the molecule is Cc1cccc(-c2nc(CN(CC3CCCCC3)C(C)(C)C)[nH]c2-c2ccc3ncnn3c2)n1. The highest BCUT2D eigenvalue weighted by molar-refractivity contribution is 5.77. The van der Waals surface area contributed by atoms with Crippen molar-refractivity contribution in [2.45, 2.75) is 71.9 Å². The predicted octanol–water partition coefficient (Wildman–Crippen LogP) is 5.67. The first-order chi connectivity index (χ1) is 16.4. The number of hydrogen-bond donors (Lipinski definition) is 1. The molecule has 178 valence electrons. The number of hydrogen-bond acceptors (Lipinski definition) is 5. The maximum atomic E-state index is 5.11. The van der Waals surface area contributed by atoms with Crippen molar-refractivity contribution in [3.63, 3.8) is 0 Å². The second-order valence-electron chi connectivity index (χ2n) is 10.6. The van der Waals surface area contributed by atoms with Crippen molar-refractivity contribution in [1.82, 2.24) is 34.4 Å². The molecule has 4 aromatic rings. The molecule has 5 rings (SSSR count). The van der Waals surface area contributed by atoms with E-state index in [1.165, 1.54) is 32.1 Å². The highest BCUT2D eigenvalue weighted by atomic mass is 15.3. The van der Waals surface area contributed by atoms with E-state index in [9.17, 15) is 0 Å². The lowest BCUT2D eigenvalue weighted by molar-refractivity contribution is 0.0910. The van der Waals surface area contributed by atoms with Crippen molar-refractivity contribution in [3.05, 3.63) is 54.4 Å². The van der Waals surface area contributed by atoms with Gasteiger partial charge < -0.3 is 4.98 Å². The minimum Gasteiger partial charge on any atom is -0.340 e. The van der Waals surface area contributed by atoms with Crippen molar-refractivity contribution in [3.8, 4) is 22.6 Å². The molecule has 0 saturated heterocycles. The summed E-state index contributed by atoms with van der Waals surface area (Å²) >= 11 is 0. The molecule has 0 unspecified atom stereocenters. The smallest absolute Gasteiger partial charge is 0.155 e. The van der Waals surface area contributed by atoms with Crippen LogP contribution in [0.3, 0.4) is 0 Å². The Kier molecular flexibility index (Phi) is 6.21. The molecule has 0 amide bonds. The van der Waals surface area contributed by atoms with Crippen molar-refractivity contribution in [1.29, 1.82) is 0 Å². The predicted molar refractivity (Wildman–Crippen MR) is 135 cm³/mol. The summed E-state index contributed by atoms with van der Waals surface area (Å²) < 4.78 is 1.80. The number of pyridine rings is 2. The van der Waals surface area contributed by atoms with Crippen LogP contribution in [0.2, 0.25) is 0 Å². The van der Waals surface area contributed by atoms with E-state index in [1.54, 1.807) is 10.8 Å². The molecular formula is C27H35N7. The lowest BCUT2D eigenvalue weighted by Gasteiger charge is -2.38. The Morgan fingerprint density at radius 1 is 1.06 bits per heavy atom. The van der Waals surface area contributed by atoms with Gasteiger partial charge in [0.1, 0.15) is 17.8 Å².